The number of rotatable bonds is 7. The first-order valence-corrected chi connectivity index (χ1v) is 11.8. The number of hydrogen-bond acceptors (Lipinski definition) is 5. The maximum Gasteiger partial charge on any atom is 0.297 e. The van der Waals surface area contributed by atoms with E-state index in [0.717, 1.165) is 40.9 Å². The zero-order valence-electron chi connectivity index (χ0n) is 18.9. The number of nitrogens with zero attached hydrogens (tertiary/aromatic N) is 4. The van der Waals surface area contributed by atoms with Crippen LogP contribution in [-0.2, 0) is 7.05 Å². The van der Waals surface area contributed by atoms with Crippen molar-refractivity contribution in [1.82, 2.24) is 24.4 Å². The number of ether oxygens (including phenoxy) is 1. The molecule has 1 saturated heterocycles. The first-order valence-electron chi connectivity index (χ1n) is 11.4. The maximum atomic E-state index is 12.8. The number of aromatic nitrogens is 4. The average Bonchev–Trinajstić information content (AvgIpc) is 3.47. The molecule has 0 spiro atoms. The van der Waals surface area contributed by atoms with E-state index in [4.69, 9.17) is 16.3 Å². The molecule has 1 unspecified atom stereocenters. The van der Waals surface area contributed by atoms with Crippen molar-refractivity contribution in [3.63, 3.8) is 0 Å². The number of halogens is 1. The van der Waals surface area contributed by atoms with Crippen molar-refractivity contribution in [3.05, 3.63) is 81.5 Å². The van der Waals surface area contributed by atoms with Gasteiger partial charge in [0.1, 0.15) is 0 Å². The van der Waals surface area contributed by atoms with Gasteiger partial charge in [-0.25, -0.2) is 0 Å². The number of imidazole rings is 1. The minimum absolute atomic E-state index is 0.117. The third kappa shape index (κ3) is 4.90. The van der Waals surface area contributed by atoms with Crippen molar-refractivity contribution < 1.29 is 4.74 Å². The second kappa shape index (κ2) is 9.83. The summed E-state index contributed by atoms with van der Waals surface area (Å²) in [4.78, 5) is 21.7. The summed E-state index contributed by atoms with van der Waals surface area (Å²) in [7, 11) is 1.93. The number of pyridine rings is 2. The summed E-state index contributed by atoms with van der Waals surface area (Å²) >= 11 is 5.87. The second-order valence-corrected chi connectivity index (χ2v) is 8.90. The highest BCUT2D eigenvalue weighted by Gasteiger charge is 2.15. The second-order valence-electron chi connectivity index (χ2n) is 8.46. The van der Waals surface area contributed by atoms with Gasteiger partial charge in [0.05, 0.1) is 34.0 Å². The molecule has 1 aliphatic rings. The van der Waals surface area contributed by atoms with Gasteiger partial charge < -0.3 is 10.1 Å². The highest BCUT2D eigenvalue weighted by Crippen LogP contribution is 2.23. The molecule has 0 saturated carbocycles. The van der Waals surface area contributed by atoms with E-state index in [0.29, 0.717) is 23.7 Å². The molecule has 8 heteroatoms. The Kier molecular flexibility index (Phi) is 6.47. The Labute approximate surface area is 202 Å². The maximum absolute atomic E-state index is 12.8. The third-order valence-electron chi connectivity index (χ3n) is 6.10. The van der Waals surface area contributed by atoms with Crippen LogP contribution in [0.5, 0.6) is 6.01 Å². The van der Waals surface area contributed by atoms with E-state index in [1.807, 2.05) is 54.1 Å². The molecule has 7 nitrogen and oxygen atoms in total. The van der Waals surface area contributed by atoms with E-state index in [1.54, 1.807) is 29.1 Å². The van der Waals surface area contributed by atoms with Gasteiger partial charge in [0.25, 0.3) is 11.6 Å². The number of nitrogens with one attached hydrogen (secondary N) is 1. The lowest BCUT2D eigenvalue weighted by Gasteiger charge is -2.10. The molecule has 1 aliphatic heterocycles. The minimum atomic E-state index is -0.117. The molecule has 4 heterocycles. The van der Waals surface area contributed by atoms with Gasteiger partial charge in [-0.2, -0.15) is 4.98 Å². The van der Waals surface area contributed by atoms with Gasteiger partial charge in [0.2, 0.25) is 0 Å². The van der Waals surface area contributed by atoms with Crippen molar-refractivity contribution in [3.8, 4) is 11.7 Å². The Morgan fingerprint density at radius 3 is 2.88 bits per heavy atom. The predicted molar refractivity (Wildman–Crippen MR) is 136 cm³/mol. The molecule has 5 rings (SSSR count). The molecule has 174 valence electrons. The lowest BCUT2D eigenvalue weighted by atomic mass is 10.2. The normalized spacial score (nSPS) is 16.0. The van der Waals surface area contributed by atoms with Crippen LogP contribution in [0.3, 0.4) is 0 Å². The molecule has 1 fully saturated rings. The fourth-order valence-corrected chi connectivity index (χ4v) is 4.32. The largest absolute Gasteiger partial charge is 0.465 e. The molecule has 0 radical (unpaired) electrons. The topological polar surface area (TPSA) is 74.0 Å². The van der Waals surface area contributed by atoms with Crippen LogP contribution >= 0.6 is 11.6 Å². The molecular formula is C26H26ClN5O2. The third-order valence-corrected chi connectivity index (χ3v) is 6.33. The fourth-order valence-electron chi connectivity index (χ4n) is 4.21. The van der Waals surface area contributed by atoms with Gasteiger partial charge >= 0.3 is 0 Å². The number of fused-ring (bicyclic) bond motifs is 1. The summed E-state index contributed by atoms with van der Waals surface area (Å²) in [6.07, 6.45) is 10.5. The average molecular weight is 476 g/mol. The van der Waals surface area contributed by atoms with Crippen molar-refractivity contribution in [1.29, 1.82) is 0 Å². The Morgan fingerprint density at radius 1 is 1.21 bits per heavy atom. The zero-order valence-corrected chi connectivity index (χ0v) is 19.7. The van der Waals surface area contributed by atoms with Crippen molar-refractivity contribution in [2.75, 3.05) is 13.2 Å². The van der Waals surface area contributed by atoms with E-state index in [1.165, 1.54) is 12.8 Å². The molecular weight excluding hydrogens is 450 g/mol. The van der Waals surface area contributed by atoms with E-state index in [2.05, 4.69) is 15.3 Å². The van der Waals surface area contributed by atoms with Gasteiger partial charge in [-0.3, -0.25) is 18.9 Å². The summed E-state index contributed by atoms with van der Waals surface area (Å²) in [5.74, 6) is 0. The van der Waals surface area contributed by atoms with E-state index in [-0.39, 0.29) is 5.56 Å². The predicted octanol–water partition coefficient (Wildman–Crippen LogP) is 4.46. The first-order chi connectivity index (χ1) is 16.6. The zero-order chi connectivity index (χ0) is 23.5. The van der Waals surface area contributed by atoms with Gasteiger partial charge in [0, 0.05) is 31.5 Å². The number of aryl methyl sites for hydroxylation is 1. The van der Waals surface area contributed by atoms with Crippen molar-refractivity contribution >= 4 is 34.8 Å². The summed E-state index contributed by atoms with van der Waals surface area (Å²) in [5.41, 5.74) is 3.98. The summed E-state index contributed by atoms with van der Waals surface area (Å²) in [5, 5.41) is 4.07. The van der Waals surface area contributed by atoms with E-state index in [9.17, 15) is 4.79 Å². The molecule has 1 N–H and O–H groups in total. The molecule has 0 amide bonds. The van der Waals surface area contributed by atoms with Crippen LogP contribution in [0, 0.1) is 0 Å². The Balaban J connectivity index is 1.33. The van der Waals surface area contributed by atoms with Crippen LogP contribution in [-0.4, -0.2) is 38.3 Å². The van der Waals surface area contributed by atoms with Gasteiger partial charge in [-0.15, -0.1) is 0 Å². The Bertz CT molecular complexity index is 1380. The number of hydrogen-bond donors (Lipinski definition) is 1. The van der Waals surface area contributed by atoms with Crippen LogP contribution in [0.15, 0.2) is 59.7 Å². The minimum Gasteiger partial charge on any atom is -0.465 e. The van der Waals surface area contributed by atoms with Gasteiger partial charge in [0.15, 0.2) is 0 Å². The van der Waals surface area contributed by atoms with Crippen LogP contribution < -0.4 is 15.6 Å². The molecule has 0 aliphatic carbocycles. The Morgan fingerprint density at radius 2 is 2.12 bits per heavy atom. The summed E-state index contributed by atoms with van der Waals surface area (Å²) in [6, 6.07) is 14.0. The quantitative estimate of drug-likeness (QED) is 0.427. The summed E-state index contributed by atoms with van der Waals surface area (Å²) in [6.45, 7) is 1.72. The van der Waals surface area contributed by atoms with Crippen molar-refractivity contribution in [2.24, 2.45) is 7.05 Å². The van der Waals surface area contributed by atoms with Gasteiger partial charge in [-0.1, -0.05) is 17.7 Å². The van der Waals surface area contributed by atoms with E-state index < -0.39 is 0 Å². The molecule has 34 heavy (non-hydrogen) atoms. The van der Waals surface area contributed by atoms with Gasteiger partial charge in [-0.05, 0) is 73.8 Å². The van der Waals surface area contributed by atoms with E-state index >= 15 is 0 Å². The molecule has 1 atom stereocenters. The van der Waals surface area contributed by atoms with Crippen LogP contribution in [0.1, 0.15) is 30.5 Å². The molecule has 1 aromatic carbocycles. The van der Waals surface area contributed by atoms with Crippen LogP contribution in [0.4, 0.5) is 0 Å². The standard InChI is InChI=1S/C26H26ClN5O2/c1-31-24-16-22(8-9-23(24)30-26(31)34-14-11-20-3-2-12-28-20)32-13-10-18(15-25(32)33)4-6-21-7-5-19(27)17-29-21/h4-10,13,15-17,20,28H,2-3,11-12,14H2,1H3. The molecule has 3 aromatic heterocycles. The highest BCUT2D eigenvalue weighted by atomic mass is 35.5. The lowest BCUT2D eigenvalue weighted by Crippen LogP contribution is -2.23. The SMILES string of the molecule is Cn1c(OCCC2CCCN2)nc2ccc(-n3ccc(C=Cc4ccc(Cl)cn4)cc3=O)cc21. The smallest absolute Gasteiger partial charge is 0.297 e. The molecule has 4 aromatic rings. The lowest BCUT2D eigenvalue weighted by molar-refractivity contribution is 0.265. The number of benzene rings is 1. The van der Waals surface area contributed by atoms with Crippen molar-refractivity contribution in [2.45, 2.75) is 25.3 Å². The summed E-state index contributed by atoms with van der Waals surface area (Å²) < 4.78 is 9.52. The van der Waals surface area contributed by atoms with Crippen LogP contribution in [0.2, 0.25) is 5.02 Å². The Hall–Kier alpha value is -3.42. The highest BCUT2D eigenvalue weighted by molar-refractivity contribution is 6.30. The first kappa shape index (κ1) is 22.4. The van der Waals surface area contributed by atoms with Crippen LogP contribution in [0.25, 0.3) is 28.9 Å². The fraction of sp³-hybridized carbons (Fsp3) is 0.269. The molecule has 0 bridgehead atoms. The monoisotopic (exact) mass is 475 g/mol.